The second-order valence-electron chi connectivity index (χ2n) is 7.22. The summed E-state index contributed by atoms with van der Waals surface area (Å²) in [5.74, 6) is -5.91. The van der Waals surface area contributed by atoms with Gasteiger partial charge in [0.25, 0.3) is 0 Å². The van der Waals surface area contributed by atoms with Crippen molar-refractivity contribution < 1.29 is 36.6 Å². The number of hydrogen-bond acceptors (Lipinski definition) is 5. The maximum atomic E-state index is 15.5. The lowest BCUT2D eigenvalue weighted by Crippen LogP contribution is -2.44. The number of hydrogen-bond donors (Lipinski definition) is 2. The van der Waals surface area contributed by atoms with Crippen LogP contribution in [0.15, 0.2) is 15.9 Å². The Labute approximate surface area is 174 Å². The largest absolute Gasteiger partial charge is 0.477 e. The number of anilines is 1. The van der Waals surface area contributed by atoms with Crippen LogP contribution < -0.4 is 15.6 Å². The zero-order valence-electron chi connectivity index (χ0n) is 15.7. The number of thioether (sulfide) groups is 1. The maximum Gasteiger partial charge on any atom is 0.471 e. The number of halogens is 5. The molecule has 1 unspecified atom stereocenters. The van der Waals surface area contributed by atoms with E-state index in [4.69, 9.17) is 0 Å². The van der Waals surface area contributed by atoms with Crippen LogP contribution in [0.4, 0.5) is 27.6 Å². The van der Waals surface area contributed by atoms with Crippen molar-refractivity contribution in [3.05, 3.63) is 33.5 Å². The lowest BCUT2D eigenvalue weighted by molar-refractivity contribution is -0.174. The Bertz CT molecular complexity index is 1200. The summed E-state index contributed by atoms with van der Waals surface area (Å²) >= 11 is 1.05. The lowest BCUT2D eigenvalue weighted by Gasteiger charge is -2.33. The van der Waals surface area contributed by atoms with Gasteiger partial charge in [0.2, 0.25) is 5.43 Å². The molecule has 2 aliphatic heterocycles. The van der Waals surface area contributed by atoms with E-state index < -0.39 is 63.2 Å². The molecule has 13 heteroatoms. The molecule has 3 heterocycles. The number of aromatic carboxylic acids is 1. The number of carboxylic acids is 1. The van der Waals surface area contributed by atoms with Crippen molar-refractivity contribution in [3.63, 3.8) is 0 Å². The monoisotopic (exact) mass is 463 g/mol. The molecule has 2 aromatic rings. The molecule has 0 aliphatic carbocycles. The molecule has 2 atom stereocenters. The Balaban J connectivity index is 1.78. The molecule has 0 spiro atoms. The van der Waals surface area contributed by atoms with Crippen LogP contribution in [0.2, 0.25) is 0 Å². The number of aromatic nitrogens is 1. The Morgan fingerprint density at radius 2 is 1.97 bits per heavy atom. The number of benzene rings is 1. The maximum absolute atomic E-state index is 15.5. The predicted molar refractivity (Wildman–Crippen MR) is 100 cm³/mol. The second-order valence-corrected chi connectivity index (χ2v) is 8.53. The fourth-order valence-electron chi connectivity index (χ4n) is 3.92. The first-order valence-corrected chi connectivity index (χ1v) is 9.92. The highest BCUT2D eigenvalue weighted by Crippen LogP contribution is 2.47. The summed E-state index contributed by atoms with van der Waals surface area (Å²) in [5, 5.41) is 10.3. The van der Waals surface area contributed by atoms with Gasteiger partial charge in [-0.3, -0.25) is 9.59 Å². The molecule has 2 N–H and O–H groups in total. The number of carbonyl (C=O) groups is 2. The number of rotatable bonds is 3. The van der Waals surface area contributed by atoms with Crippen LogP contribution in [0.3, 0.4) is 0 Å². The van der Waals surface area contributed by atoms with E-state index in [0.29, 0.717) is 0 Å². The molecule has 7 nitrogen and oxygen atoms in total. The number of amides is 1. The molecule has 166 valence electrons. The summed E-state index contributed by atoms with van der Waals surface area (Å²) in [6, 6.07) is -0.231. The van der Waals surface area contributed by atoms with E-state index in [1.54, 1.807) is 12.2 Å². The van der Waals surface area contributed by atoms with Gasteiger partial charge in [-0.15, -0.1) is 0 Å². The Morgan fingerprint density at radius 1 is 1.29 bits per heavy atom. The third kappa shape index (κ3) is 3.30. The number of fused-ring (bicyclic) bond motifs is 3. The van der Waals surface area contributed by atoms with E-state index in [1.807, 2.05) is 0 Å². The molecule has 4 rings (SSSR count). The molecule has 1 aromatic carbocycles. The fourth-order valence-corrected chi connectivity index (χ4v) is 5.06. The first-order chi connectivity index (χ1) is 14.4. The summed E-state index contributed by atoms with van der Waals surface area (Å²) in [6.07, 6.45) is -5.05. The molecule has 1 amide bonds. The first kappa shape index (κ1) is 21.4. The standard InChI is InChI=1S/C18H14F5N3O4S/c1-6-26-12-8(14(27)10(16(28)29)15(26)31-6)4-9(19)13(11(12)20)25-3-2-7(5-25)24-17(30)18(21,22)23/h4,6-7H,2-3,5H2,1H3,(H,24,30)(H,28,29)/t6?,7-/m0/s1. The Hall–Kier alpha value is -2.83. The van der Waals surface area contributed by atoms with Crippen LogP contribution in [0.1, 0.15) is 29.1 Å². The average Bonchev–Trinajstić information content (AvgIpc) is 3.09. The molecule has 31 heavy (non-hydrogen) atoms. The molecule has 0 bridgehead atoms. The van der Waals surface area contributed by atoms with Crippen LogP contribution in [0.25, 0.3) is 10.9 Å². The normalized spacial score (nSPS) is 20.5. The van der Waals surface area contributed by atoms with Gasteiger partial charge in [0.1, 0.15) is 17.1 Å². The summed E-state index contributed by atoms with van der Waals surface area (Å²) in [4.78, 5) is 36.4. The first-order valence-electron chi connectivity index (χ1n) is 9.04. The Morgan fingerprint density at radius 3 is 2.55 bits per heavy atom. The molecule has 2 aliphatic rings. The average molecular weight is 463 g/mol. The van der Waals surface area contributed by atoms with E-state index in [9.17, 15) is 37.1 Å². The molecule has 1 fully saturated rings. The van der Waals surface area contributed by atoms with E-state index >= 15 is 4.39 Å². The minimum absolute atomic E-state index is 0.0288. The number of pyridine rings is 1. The number of carbonyl (C=O) groups excluding carboxylic acids is 1. The van der Waals surface area contributed by atoms with Crippen molar-refractivity contribution in [2.45, 2.75) is 36.0 Å². The fraction of sp³-hybridized carbons (Fsp3) is 0.389. The molecule has 1 saturated heterocycles. The zero-order valence-corrected chi connectivity index (χ0v) is 16.5. The predicted octanol–water partition coefficient (Wildman–Crippen LogP) is 2.86. The van der Waals surface area contributed by atoms with E-state index in [1.165, 1.54) is 4.57 Å². The van der Waals surface area contributed by atoms with Gasteiger partial charge in [-0.1, -0.05) is 11.8 Å². The van der Waals surface area contributed by atoms with Gasteiger partial charge in [0, 0.05) is 19.1 Å². The van der Waals surface area contributed by atoms with E-state index in [-0.39, 0.29) is 30.1 Å². The third-order valence-corrected chi connectivity index (χ3v) is 6.45. The molecular weight excluding hydrogens is 449 g/mol. The van der Waals surface area contributed by atoms with Gasteiger partial charge in [0.05, 0.1) is 21.3 Å². The zero-order chi connectivity index (χ0) is 22.8. The van der Waals surface area contributed by atoms with Gasteiger partial charge < -0.3 is 19.9 Å². The van der Waals surface area contributed by atoms with Crippen LogP contribution in [0.5, 0.6) is 0 Å². The number of nitrogens with one attached hydrogen (secondary N) is 1. The van der Waals surface area contributed by atoms with Crippen molar-refractivity contribution in [2.24, 2.45) is 0 Å². The lowest BCUT2D eigenvalue weighted by atomic mass is 10.1. The quantitative estimate of drug-likeness (QED) is 0.681. The molecular formula is C18H14F5N3O4S. The van der Waals surface area contributed by atoms with Crippen molar-refractivity contribution in [1.82, 2.24) is 9.88 Å². The topological polar surface area (TPSA) is 91.6 Å². The molecule has 0 radical (unpaired) electrons. The van der Waals surface area contributed by atoms with Gasteiger partial charge in [-0.2, -0.15) is 13.2 Å². The molecule has 1 aromatic heterocycles. The number of alkyl halides is 3. The van der Waals surface area contributed by atoms with Crippen LogP contribution in [-0.2, 0) is 4.79 Å². The summed E-state index contributed by atoms with van der Waals surface area (Å²) in [5.41, 5.74) is -2.40. The minimum atomic E-state index is -5.08. The van der Waals surface area contributed by atoms with Gasteiger partial charge in [0.15, 0.2) is 5.82 Å². The summed E-state index contributed by atoms with van der Waals surface area (Å²) in [7, 11) is 0. The third-order valence-electron chi connectivity index (χ3n) is 5.27. The van der Waals surface area contributed by atoms with E-state index in [2.05, 4.69) is 0 Å². The highest BCUT2D eigenvalue weighted by molar-refractivity contribution is 8.00. The van der Waals surface area contributed by atoms with Crippen LogP contribution in [-0.4, -0.2) is 46.9 Å². The van der Waals surface area contributed by atoms with Crippen LogP contribution in [0, 0.1) is 11.6 Å². The van der Waals surface area contributed by atoms with Crippen LogP contribution >= 0.6 is 11.8 Å². The Kier molecular flexibility index (Phi) is 4.91. The van der Waals surface area contributed by atoms with Gasteiger partial charge >= 0.3 is 18.1 Å². The molecule has 0 saturated carbocycles. The summed E-state index contributed by atoms with van der Waals surface area (Å²) < 4.78 is 68.9. The number of nitrogens with zero attached hydrogens (tertiary/aromatic N) is 2. The number of carboxylic acid groups (broad SMARTS) is 1. The highest BCUT2D eigenvalue weighted by atomic mass is 32.2. The highest BCUT2D eigenvalue weighted by Gasteiger charge is 2.41. The summed E-state index contributed by atoms with van der Waals surface area (Å²) in [6.45, 7) is 1.35. The van der Waals surface area contributed by atoms with Gasteiger partial charge in [-0.25, -0.2) is 13.6 Å². The van der Waals surface area contributed by atoms with Crippen molar-refractivity contribution in [2.75, 3.05) is 18.0 Å². The van der Waals surface area contributed by atoms with Crippen molar-refractivity contribution in [3.8, 4) is 0 Å². The minimum Gasteiger partial charge on any atom is -0.477 e. The van der Waals surface area contributed by atoms with Crippen molar-refractivity contribution >= 4 is 40.2 Å². The van der Waals surface area contributed by atoms with Crippen molar-refractivity contribution in [1.29, 1.82) is 0 Å². The SMILES string of the molecule is CC1Sc2c(C(=O)O)c(=O)c3cc(F)c(N4CC[C@H](NC(=O)C(F)(F)F)C4)c(F)c3n21. The second kappa shape index (κ2) is 7.11. The smallest absolute Gasteiger partial charge is 0.471 e. The van der Waals surface area contributed by atoms with E-state index in [0.717, 1.165) is 22.7 Å². The van der Waals surface area contributed by atoms with Gasteiger partial charge in [-0.05, 0) is 19.4 Å².